The maximum absolute atomic E-state index is 12.5. The van der Waals surface area contributed by atoms with Crippen molar-refractivity contribution in [3.05, 3.63) is 30.0 Å². The summed E-state index contributed by atoms with van der Waals surface area (Å²) in [6, 6.07) is 5.39. The van der Waals surface area contributed by atoms with E-state index in [1.807, 2.05) is 26.8 Å². The molecule has 11 heteroatoms. The Balaban J connectivity index is 1.72. The molecule has 0 saturated heterocycles. The number of hydrogen-bond donors (Lipinski definition) is 4. The summed E-state index contributed by atoms with van der Waals surface area (Å²) in [5.41, 5.74) is 2.08. The molecule has 4 N–H and O–H groups in total. The van der Waals surface area contributed by atoms with Crippen LogP contribution in [0.1, 0.15) is 43.0 Å². The number of rotatable bonds is 10. The zero-order valence-corrected chi connectivity index (χ0v) is 21.3. The Kier molecular flexibility index (Phi) is 9.30. The summed E-state index contributed by atoms with van der Waals surface area (Å²) in [5.74, 6) is 1.47. The van der Waals surface area contributed by atoms with Gasteiger partial charge in [-0.3, -0.25) is 9.59 Å². The van der Waals surface area contributed by atoms with Crippen LogP contribution in [-0.2, 0) is 4.79 Å². The molecular weight excluding hydrogens is 445 g/mol. The van der Waals surface area contributed by atoms with Crippen LogP contribution in [0, 0.1) is 0 Å². The van der Waals surface area contributed by atoms with Gasteiger partial charge in [0.1, 0.15) is 19.4 Å². The van der Waals surface area contributed by atoms with Gasteiger partial charge >= 0.3 is 0 Å². The van der Waals surface area contributed by atoms with E-state index in [2.05, 4.69) is 31.2 Å². The van der Waals surface area contributed by atoms with Gasteiger partial charge in [-0.1, -0.05) is 12.8 Å². The Morgan fingerprint density at radius 1 is 1.20 bits per heavy atom. The molecule has 0 spiro atoms. The third kappa shape index (κ3) is 7.58. The first-order valence-corrected chi connectivity index (χ1v) is 12.0. The Bertz CT molecular complexity index is 1030. The molecule has 1 saturated carbocycles. The number of ether oxygens (including phenoxy) is 1. The fraction of sp³-hybridized carbons (Fsp3) is 0.500. The number of anilines is 3. The highest BCUT2D eigenvalue weighted by Crippen LogP contribution is 2.28. The van der Waals surface area contributed by atoms with Gasteiger partial charge in [-0.15, -0.1) is 0 Å². The lowest BCUT2D eigenvalue weighted by Gasteiger charge is -2.33. The number of likely N-dealkylation sites (N-methyl/N-ethyl adjacent to an activating group) is 1. The lowest BCUT2D eigenvalue weighted by atomic mass is 9.89. The van der Waals surface area contributed by atoms with Gasteiger partial charge in [0.05, 0.1) is 12.8 Å². The van der Waals surface area contributed by atoms with E-state index >= 15 is 0 Å². The van der Waals surface area contributed by atoms with E-state index in [9.17, 15) is 9.59 Å². The van der Waals surface area contributed by atoms with E-state index in [1.165, 1.54) is 0 Å². The first-order valence-electron chi connectivity index (χ1n) is 12.0. The number of hydrogen-bond acceptors (Lipinski definition) is 8. The average molecular weight is 481 g/mol. The number of benzene rings is 1. The number of nitrogens with one attached hydrogen (secondary N) is 4. The molecule has 1 aliphatic rings. The van der Waals surface area contributed by atoms with Crippen molar-refractivity contribution in [3.63, 3.8) is 0 Å². The monoisotopic (exact) mass is 481 g/mol. The normalized spacial score (nSPS) is 17.5. The summed E-state index contributed by atoms with van der Waals surface area (Å²) >= 11 is 0. The zero-order valence-electron chi connectivity index (χ0n) is 21.3. The van der Waals surface area contributed by atoms with E-state index in [0.717, 1.165) is 43.5 Å². The Morgan fingerprint density at radius 3 is 2.63 bits per heavy atom. The average Bonchev–Trinajstić information content (AvgIpc) is 2.82. The van der Waals surface area contributed by atoms with Crippen LogP contribution < -0.4 is 31.5 Å². The first-order chi connectivity index (χ1) is 16.8. The van der Waals surface area contributed by atoms with Gasteiger partial charge < -0.3 is 30.9 Å². The van der Waals surface area contributed by atoms with Crippen molar-refractivity contribution in [2.75, 3.05) is 44.9 Å². The van der Waals surface area contributed by atoms with Gasteiger partial charge in [0, 0.05) is 43.9 Å². The molecule has 2 amide bonds. The highest BCUT2D eigenvalue weighted by molar-refractivity contribution is 6.35. The number of carbonyl (C=O) groups excluding carboxylic acids is 2. The predicted octanol–water partition coefficient (Wildman–Crippen LogP) is 0.638. The molecule has 2 atom stereocenters. The molecule has 0 unspecified atom stereocenters. The highest BCUT2D eigenvalue weighted by Gasteiger charge is 2.26. The molecule has 1 aliphatic carbocycles. The maximum Gasteiger partial charge on any atom is 0.251 e. The second-order valence-corrected chi connectivity index (χ2v) is 9.17. The Hall–Kier alpha value is -3.34. The molecule has 10 nitrogen and oxygen atoms in total. The summed E-state index contributed by atoms with van der Waals surface area (Å²) in [4.78, 5) is 35.2. The van der Waals surface area contributed by atoms with Crippen molar-refractivity contribution in [2.45, 2.75) is 44.7 Å². The molecule has 1 heterocycles. The third-order valence-corrected chi connectivity index (χ3v) is 6.00. The van der Waals surface area contributed by atoms with Crippen LogP contribution in [0.5, 0.6) is 5.75 Å². The SMILES string of the molecule is Bc1cnc(Nc2ccc(C(=O)NCCN(C)C)cc2OC)nc1N[C@@H]1CCCC[C@H]1NC(C)=O. The summed E-state index contributed by atoms with van der Waals surface area (Å²) in [5, 5.41) is 12.7. The van der Waals surface area contributed by atoms with Crippen LogP contribution in [0.2, 0.25) is 0 Å². The van der Waals surface area contributed by atoms with Crippen molar-refractivity contribution < 1.29 is 14.3 Å². The second kappa shape index (κ2) is 12.4. The van der Waals surface area contributed by atoms with E-state index in [1.54, 1.807) is 38.4 Å². The fourth-order valence-corrected chi connectivity index (χ4v) is 4.11. The molecular formula is C24H36BN7O3. The summed E-state index contributed by atoms with van der Waals surface area (Å²) in [6.45, 7) is 2.87. The molecule has 1 aromatic carbocycles. The summed E-state index contributed by atoms with van der Waals surface area (Å²) in [7, 11) is 7.43. The second-order valence-electron chi connectivity index (χ2n) is 9.17. The van der Waals surface area contributed by atoms with Crippen LogP contribution in [0.15, 0.2) is 24.4 Å². The molecule has 35 heavy (non-hydrogen) atoms. The zero-order chi connectivity index (χ0) is 25.4. The van der Waals surface area contributed by atoms with Gasteiger partial charge in [0.2, 0.25) is 11.9 Å². The van der Waals surface area contributed by atoms with Crippen molar-refractivity contribution in [3.8, 4) is 5.75 Å². The molecule has 1 aromatic heterocycles. The molecule has 0 aliphatic heterocycles. The van der Waals surface area contributed by atoms with Crippen molar-refractivity contribution >= 4 is 42.6 Å². The largest absolute Gasteiger partial charge is 0.495 e. The quantitative estimate of drug-likeness (QED) is 0.365. The van der Waals surface area contributed by atoms with Gasteiger partial charge in [0.15, 0.2) is 0 Å². The lowest BCUT2D eigenvalue weighted by Crippen LogP contribution is -2.48. The predicted molar refractivity (Wildman–Crippen MR) is 141 cm³/mol. The van der Waals surface area contributed by atoms with Crippen molar-refractivity contribution in [1.82, 2.24) is 25.5 Å². The smallest absolute Gasteiger partial charge is 0.251 e. The third-order valence-electron chi connectivity index (χ3n) is 6.00. The molecule has 188 valence electrons. The highest BCUT2D eigenvalue weighted by atomic mass is 16.5. The molecule has 2 aromatic rings. The lowest BCUT2D eigenvalue weighted by molar-refractivity contribution is -0.119. The van der Waals surface area contributed by atoms with E-state index in [0.29, 0.717) is 29.5 Å². The fourth-order valence-electron chi connectivity index (χ4n) is 4.11. The number of methoxy groups -OCH3 is 1. The van der Waals surface area contributed by atoms with Gasteiger partial charge in [0.25, 0.3) is 5.91 Å². The van der Waals surface area contributed by atoms with E-state index in [-0.39, 0.29) is 23.9 Å². The molecule has 0 radical (unpaired) electrons. The van der Waals surface area contributed by atoms with E-state index < -0.39 is 0 Å². The number of amides is 2. The summed E-state index contributed by atoms with van der Waals surface area (Å²) < 4.78 is 5.52. The van der Waals surface area contributed by atoms with Gasteiger partial charge in [-0.05, 0) is 50.6 Å². The number of aromatic nitrogens is 2. The number of carbonyl (C=O) groups is 2. The Morgan fingerprint density at radius 2 is 1.94 bits per heavy atom. The molecule has 3 rings (SSSR count). The minimum Gasteiger partial charge on any atom is -0.495 e. The molecule has 0 bridgehead atoms. The van der Waals surface area contributed by atoms with Crippen LogP contribution in [0.25, 0.3) is 0 Å². The minimum absolute atomic E-state index is 0.0209. The van der Waals surface area contributed by atoms with Crippen molar-refractivity contribution in [2.24, 2.45) is 0 Å². The van der Waals surface area contributed by atoms with Crippen LogP contribution in [-0.4, -0.2) is 80.9 Å². The van der Waals surface area contributed by atoms with Crippen LogP contribution >= 0.6 is 0 Å². The standard InChI is InChI=1S/C24H36BN7O3/c1-15(33)28-18-7-5-6-8-19(18)29-22-17(25)14-27-24(31-22)30-20-10-9-16(13-21(20)35-4)23(34)26-11-12-32(2)3/h9-10,13-14,18-19H,5-8,11-12,25H2,1-4H3,(H,26,34)(H,28,33)(H2,27,29,30,31)/t18-,19-/m1/s1. The van der Waals surface area contributed by atoms with Crippen LogP contribution in [0.4, 0.5) is 17.5 Å². The Labute approximate surface area is 208 Å². The maximum atomic E-state index is 12.5. The summed E-state index contributed by atoms with van der Waals surface area (Å²) in [6.07, 6.45) is 5.87. The van der Waals surface area contributed by atoms with Crippen LogP contribution in [0.3, 0.4) is 0 Å². The van der Waals surface area contributed by atoms with Crippen molar-refractivity contribution in [1.29, 1.82) is 0 Å². The van der Waals surface area contributed by atoms with Gasteiger partial charge in [-0.25, -0.2) is 4.98 Å². The minimum atomic E-state index is -0.157. The van der Waals surface area contributed by atoms with E-state index in [4.69, 9.17) is 4.74 Å². The first kappa shape index (κ1) is 26.3. The molecule has 1 fully saturated rings. The number of nitrogens with zero attached hydrogens (tertiary/aromatic N) is 3. The van der Waals surface area contributed by atoms with Gasteiger partial charge in [-0.2, -0.15) is 4.98 Å². The topological polar surface area (TPSA) is 121 Å².